The van der Waals surface area contributed by atoms with Gasteiger partial charge in [0.05, 0.1) is 10.6 Å². The predicted molar refractivity (Wildman–Crippen MR) is 238 cm³/mol. The maximum atomic E-state index is 6.98. The van der Waals surface area contributed by atoms with Crippen LogP contribution < -0.4 is 0 Å². The molecule has 0 spiro atoms. The van der Waals surface area contributed by atoms with E-state index in [1.807, 2.05) is 58.9 Å². The van der Waals surface area contributed by atoms with Gasteiger partial charge in [-0.2, -0.15) is 0 Å². The zero-order valence-corrected chi connectivity index (χ0v) is 35.1. The number of nitrogens with zero attached hydrogens (tertiary/aromatic N) is 1. The molecular weight excluding hydrogens is 650 g/mol. The maximum absolute atomic E-state index is 6.98. The third-order valence-electron chi connectivity index (χ3n) is 9.75. The lowest BCUT2D eigenvalue weighted by molar-refractivity contribution is 0.470. The molecular formula is C50H64ClN. The molecule has 1 atom stereocenters. The minimum atomic E-state index is -0.235. The fraction of sp³-hybridized carbons (Fsp3) is 0.340. The van der Waals surface area contributed by atoms with Crippen LogP contribution in [0.4, 0.5) is 5.69 Å². The first-order valence-corrected chi connectivity index (χ1v) is 19.3. The third-order valence-corrected chi connectivity index (χ3v) is 10.4. The van der Waals surface area contributed by atoms with Crippen LogP contribution in [0.5, 0.6) is 0 Å². The van der Waals surface area contributed by atoms with E-state index < -0.39 is 0 Å². The molecule has 0 aromatic heterocycles. The van der Waals surface area contributed by atoms with Crippen molar-refractivity contribution in [2.24, 2.45) is 10.4 Å². The van der Waals surface area contributed by atoms with E-state index in [9.17, 15) is 0 Å². The molecule has 52 heavy (non-hydrogen) atoms. The molecule has 0 saturated carbocycles. The Bertz CT molecular complexity index is 1870. The minimum Gasteiger partial charge on any atom is -0.253 e. The van der Waals surface area contributed by atoms with Gasteiger partial charge >= 0.3 is 0 Å². The lowest BCUT2D eigenvalue weighted by Crippen LogP contribution is -2.36. The van der Waals surface area contributed by atoms with Crippen LogP contribution in [0, 0.1) is 12.3 Å². The Kier molecular flexibility index (Phi) is 17.0. The summed E-state index contributed by atoms with van der Waals surface area (Å²) in [6.45, 7) is 37.7. The summed E-state index contributed by atoms with van der Waals surface area (Å²) in [6.07, 6.45) is 13.7. The smallest absolute Gasteiger partial charge is 0.0695 e. The maximum Gasteiger partial charge on any atom is 0.0695 e. The molecule has 0 N–H and O–H groups in total. The summed E-state index contributed by atoms with van der Waals surface area (Å²) in [6, 6.07) is 23.4. The van der Waals surface area contributed by atoms with Crippen molar-refractivity contribution in [2.45, 2.75) is 107 Å². The van der Waals surface area contributed by atoms with Crippen LogP contribution in [-0.4, -0.2) is 10.6 Å². The Hall–Kier alpha value is -4.20. The number of alkyl halides is 1. The molecule has 3 aromatic carbocycles. The molecule has 1 nitrogen and oxygen atoms in total. The molecule has 0 amide bonds. The van der Waals surface area contributed by atoms with Gasteiger partial charge in [0, 0.05) is 16.7 Å². The van der Waals surface area contributed by atoms with Gasteiger partial charge < -0.3 is 0 Å². The van der Waals surface area contributed by atoms with Gasteiger partial charge in [0.2, 0.25) is 0 Å². The molecule has 4 rings (SSSR count). The Labute approximate surface area is 323 Å². The predicted octanol–water partition coefficient (Wildman–Crippen LogP) is 16.0. The number of aliphatic imine (C=N–C) groups is 1. The monoisotopic (exact) mass is 713 g/mol. The molecule has 0 radical (unpaired) electrons. The SMILES string of the molecule is C=C(/C(C)=C/C=C\C)c1ccc(C)c(N=C(C)c2ccccc2C(=C)C)c1.C=C(C)c1ccc(C2=CCC(Cl)(CC)/C(=C\CC)C2(C)C)cc1.CC. The van der Waals surface area contributed by atoms with E-state index in [4.69, 9.17) is 16.6 Å². The molecule has 3 aromatic rings. The molecule has 0 saturated heterocycles. The second kappa shape index (κ2) is 20.1. The summed E-state index contributed by atoms with van der Waals surface area (Å²) in [4.78, 5) is 4.70. The van der Waals surface area contributed by atoms with E-state index in [1.165, 1.54) is 22.3 Å². The van der Waals surface area contributed by atoms with Gasteiger partial charge in [-0.15, -0.1) is 11.6 Å². The number of allylic oxidation sites excluding steroid dienone is 11. The quantitative estimate of drug-likeness (QED) is 0.0858. The van der Waals surface area contributed by atoms with Crippen molar-refractivity contribution in [1.82, 2.24) is 0 Å². The highest BCUT2D eigenvalue weighted by atomic mass is 35.5. The zero-order valence-electron chi connectivity index (χ0n) is 34.3. The van der Waals surface area contributed by atoms with E-state index in [0.29, 0.717) is 0 Å². The van der Waals surface area contributed by atoms with E-state index in [1.54, 1.807) is 0 Å². The highest BCUT2D eigenvalue weighted by Crippen LogP contribution is 2.54. The van der Waals surface area contributed by atoms with Gasteiger partial charge in [0.25, 0.3) is 0 Å². The van der Waals surface area contributed by atoms with Crippen molar-refractivity contribution in [3.8, 4) is 0 Å². The van der Waals surface area contributed by atoms with Gasteiger partial charge in [0.15, 0.2) is 0 Å². The molecule has 0 aliphatic heterocycles. The average Bonchev–Trinajstić information content (AvgIpc) is 3.14. The molecule has 2 heteroatoms. The van der Waals surface area contributed by atoms with Crippen LogP contribution in [0.3, 0.4) is 0 Å². The third kappa shape index (κ3) is 10.9. The number of rotatable bonds is 10. The van der Waals surface area contributed by atoms with Crippen molar-refractivity contribution >= 4 is 45.3 Å². The largest absolute Gasteiger partial charge is 0.253 e. The van der Waals surface area contributed by atoms with Gasteiger partial charge in [-0.3, -0.25) is 4.99 Å². The first kappa shape index (κ1) is 44.0. The van der Waals surface area contributed by atoms with E-state index >= 15 is 0 Å². The Balaban J connectivity index is 0.000000348. The topological polar surface area (TPSA) is 12.4 Å². The van der Waals surface area contributed by atoms with Crippen LogP contribution >= 0.6 is 11.6 Å². The van der Waals surface area contributed by atoms with Gasteiger partial charge in [-0.05, 0) is 117 Å². The minimum absolute atomic E-state index is 0.0449. The van der Waals surface area contributed by atoms with Crippen molar-refractivity contribution in [1.29, 1.82) is 0 Å². The second-order valence-electron chi connectivity index (χ2n) is 14.0. The summed E-state index contributed by atoms with van der Waals surface area (Å²) < 4.78 is 0. The lowest BCUT2D eigenvalue weighted by atomic mass is 9.64. The summed E-state index contributed by atoms with van der Waals surface area (Å²) in [5.74, 6) is 0. The van der Waals surface area contributed by atoms with Crippen LogP contribution in [0.15, 0.2) is 133 Å². The number of hydrogen-bond acceptors (Lipinski definition) is 1. The number of halogens is 1. The van der Waals surface area contributed by atoms with Gasteiger partial charge in [-0.25, -0.2) is 0 Å². The van der Waals surface area contributed by atoms with Gasteiger partial charge in [-0.1, -0.05) is 163 Å². The standard InChI is InChI=1S/C26H29N.C22H29Cl.C2H6/c1-8-9-12-19(4)21(6)23-16-15-20(5)26(17-23)27-22(7)25-14-11-10-13-24(25)18(2)3;1-7-9-20-21(5,6)19(14-15-22(20,23)8-2)18-12-10-17(11-13-18)16(3)4;1-2/h8-17H,2,6H2,1,3-5,7H3;9-14H,3,7-8,15H2,1-2,4-6H3;1-2H3/b9-8-,19-12+,27-22?;20-9-;. The highest BCUT2D eigenvalue weighted by Gasteiger charge is 2.43. The fourth-order valence-corrected chi connectivity index (χ4v) is 7.01. The van der Waals surface area contributed by atoms with Crippen molar-refractivity contribution in [2.75, 3.05) is 0 Å². The molecule has 1 unspecified atom stereocenters. The first-order chi connectivity index (χ1) is 24.6. The Morgan fingerprint density at radius 3 is 1.98 bits per heavy atom. The summed E-state index contributed by atoms with van der Waals surface area (Å²) in [5.41, 5.74) is 16.0. The van der Waals surface area contributed by atoms with Crippen LogP contribution in [0.1, 0.15) is 129 Å². The summed E-state index contributed by atoms with van der Waals surface area (Å²) in [7, 11) is 0. The fourth-order valence-electron chi connectivity index (χ4n) is 6.62. The van der Waals surface area contributed by atoms with Gasteiger partial charge in [0.1, 0.15) is 0 Å². The molecule has 1 aliphatic rings. The molecule has 1 aliphatic carbocycles. The second-order valence-corrected chi connectivity index (χ2v) is 14.8. The molecule has 0 fully saturated rings. The Morgan fingerprint density at radius 2 is 1.44 bits per heavy atom. The number of hydrogen-bond donors (Lipinski definition) is 0. The van der Waals surface area contributed by atoms with E-state index in [0.717, 1.165) is 75.2 Å². The molecule has 0 bridgehead atoms. The highest BCUT2D eigenvalue weighted by molar-refractivity contribution is 6.26. The molecule has 276 valence electrons. The number of benzene rings is 3. The molecule has 0 heterocycles. The lowest BCUT2D eigenvalue weighted by Gasteiger charge is -2.44. The average molecular weight is 715 g/mol. The van der Waals surface area contributed by atoms with Crippen LogP contribution in [-0.2, 0) is 0 Å². The first-order valence-electron chi connectivity index (χ1n) is 18.9. The van der Waals surface area contributed by atoms with Crippen molar-refractivity contribution < 1.29 is 0 Å². The van der Waals surface area contributed by atoms with Crippen molar-refractivity contribution in [3.63, 3.8) is 0 Å². The van der Waals surface area contributed by atoms with Crippen molar-refractivity contribution in [3.05, 3.63) is 161 Å². The summed E-state index contributed by atoms with van der Waals surface area (Å²) in [5, 5.41) is 0. The number of aryl methyl sites for hydroxylation is 1. The Morgan fingerprint density at radius 1 is 0.846 bits per heavy atom. The van der Waals surface area contributed by atoms with Crippen LogP contribution in [0.25, 0.3) is 22.3 Å². The van der Waals surface area contributed by atoms with E-state index in [2.05, 4.69) is 141 Å². The van der Waals surface area contributed by atoms with E-state index in [-0.39, 0.29) is 10.3 Å². The van der Waals surface area contributed by atoms with Crippen LogP contribution in [0.2, 0.25) is 0 Å². The zero-order chi connectivity index (χ0) is 39.2. The normalized spacial score (nSPS) is 17.8. The summed E-state index contributed by atoms with van der Waals surface area (Å²) >= 11 is 6.98.